The van der Waals surface area contributed by atoms with Crippen LogP contribution in [0.1, 0.15) is 6.92 Å². The van der Waals surface area contributed by atoms with Crippen LogP contribution >= 0.6 is 0 Å². The van der Waals surface area contributed by atoms with Crippen molar-refractivity contribution in [3.8, 4) is 11.5 Å². The largest absolute Gasteiger partial charge is 0.454 e. The first-order chi connectivity index (χ1) is 10.7. The molecule has 0 saturated carbocycles. The molecule has 2 heterocycles. The smallest absolute Gasteiger partial charge is 0.313 e. The standard InChI is InChI=1S/C15H19N3O4/c1-2-17-5-7-18(8-6-17)15(20)14(19)16-11-3-4-12-13(9-11)22-10-21-12/h3-4,9H,2,5-8,10H2,1H3,(H,16,19). The van der Waals surface area contributed by atoms with E-state index in [1.54, 1.807) is 23.1 Å². The summed E-state index contributed by atoms with van der Waals surface area (Å²) in [7, 11) is 0. The van der Waals surface area contributed by atoms with Gasteiger partial charge in [-0.05, 0) is 18.7 Å². The number of ether oxygens (including phenoxy) is 2. The molecule has 0 aliphatic carbocycles. The van der Waals surface area contributed by atoms with Crippen LogP contribution in [-0.2, 0) is 9.59 Å². The number of nitrogens with zero attached hydrogens (tertiary/aromatic N) is 2. The zero-order valence-corrected chi connectivity index (χ0v) is 12.5. The highest BCUT2D eigenvalue weighted by Gasteiger charge is 2.26. The molecule has 7 heteroatoms. The molecule has 0 aromatic heterocycles. The van der Waals surface area contributed by atoms with Gasteiger partial charge in [0.15, 0.2) is 11.5 Å². The summed E-state index contributed by atoms with van der Waals surface area (Å²) in [5, 5.41) is 2.61. The van der Waals surface area contributed by atoms with Crippen molar-refractivity contribution < 1.29 is 19.1 Å². The molecule has 0 spiro atoms. The minimum atomic E-state index is -0.621. The highest BCUT2D eigenvalue weighted by Crippen LogP contribution is 2.34. The summed E-state index contributed by atoms with van der Waals surface area (Å²) < 4.78 is 10.5. The molecule has 2 amide bonds. The Balaban J connectivity index is 1.58. The Morgan fingerprint density at radius 2 is 1.86 bits per heavy atom. The number of hydrogen-bond donors (Lipinski definition) is 1. The number of anilines is 1. The first kappa shape index (κ1) is 14.6. The summed E-state index contributed by atoms with van der Waals surface area (Å²) in [5.74, 6) is 0.0963. The zero-order chi connectivity index (χ0) is 15.5. The van der Waals surface area contributed by atoms with Crippen molar-refractivity contribution in [3.05, 3.63) is 18.2 Å². The highest BCUT2D eigenvalue weighted by molar-refractivity contribution is 6.39. The first-order valence-electron chi connectivity index (χ1n) is 7.39. The third-order valence-electron chi connectivity index (χ3n) is 3.93. The van der Waals surface area contributed by atoms with Crippen molar-refractivity contribution in [3.63, 3.8) is 0 Å². The van der Waals surface area contributed by atoms with Gasteiger partial charge in [-0.2, -0.15) is 0 Å². The molecule has 1 saturated heterocycles. The second-order valence-electron chi connectivity index (χ2n) is 5.25. The van der Waals surface area contributed by atoms with E-state index in [0.717, 1.165) is 19.6 Å². The fourth-order valence-corrected chi connectivity index (χ4v) is 2.57. The average Bonchev–Trinajstić information content (AvgIpc) is 3.02. The second-order valence-corrected chi connectivity index (χ2v) is 5.25. The van der Waals surface area contributed by atoms with Gasteiger partial charge in [-0.1, -0.05) is 6.92 Å². The molecule has 3 rings (SSSR count). The lowest BCUT2D eigenvalue weighted by Crippen LogP contribution is -2.51. The number of likely N-dealkylation sites (N-methyl/N-ethyl adjacent to an activating group) is 1. The number of hydrogen-bond acceptors (Lipinski definition) is 5. The van der Waals surface area contributed by atoms with Gasteiger partial charge in [0.1, 0.15) is 0 Å². The Morgan fingerprint density at radius 1 is 1.14 bits per heavy atom. The van der Waals surface area contributed by atoms with E-state index in [-0.39, 0.29) is 6.79 Å². The maximum Gasteiger partial charge on any atom is 0.313 e. The Hall–Kier alpha value is -2.28. The summed E-state index contributed by atoms with van der Waals surface area (Å²) in [5.41, 5.74) is 0.523. The predicted molar refractivity (Wildman–Crippen MR) is 79.9 cm³/mol. The predicted octanol–water partition coefficient (Wildman–Crippen LogP) is 0.518. The van der Waals surface area contributed by atoms with Gasteiger partial charge in [0.25, 0.3) is 0 Å². The van der Waals surface area contributed by atoms with Crippen LogP contribution in [0.4, 0.5) is 5.69 Å². The van der Waals surface area contributed by atoms with Crippen LogP contribution in [-0.4, -0.2) is 61.1 Å². The summed E-state index contributed by atoms with van der Waals surface area (Å²) in [6, 6.07) is 5.05. The van der Waals surface area contributed by atoms with Gasteiger partial charge >= 0.3 is 11.8 Å². The lowest BCUT2D eigenvalue weighted by Gasteiger charge is -2.33. The van der Waals surface area contributed by atoms with E-state index < -0.39 is 11.8 Å². The average molecular weight is 305 g/mol. The van der Waals surface area contributed by atoms with Crippen LogP contribution in [0.25, 0.3) is 0 Å². The van der Waals surface area contributed by atoms with Gasteiger partial charge in [-0.3, -0.25) is 9.59 Å². The van der Waals surface area contributed by atoms with Gasteiger partial charge in [-0.25, -0.2) is 0 Å². The SMILES string of the molecule is CCN1CCN(C(=O)C(=O)Nc2ccc3c(c2)OCO3)CC1. The maximum absolute atomic E-state index is 12.2. The van der Waals surface area contributed by atoms with Crippen LogP contribution in [0.5, 0.6) is 11.5 Å². The topological polar surface area (TPSA) is 71.1 Å². The van der Waals surface area contributed by atoms with E-state index in [2.05, 4.69) is 17.1 Å². The molecular weight excluding hydrogens is 286 g/mol. The number of rotatable bonds is 2. The number of nitrogens with one attached hydrogen (secondary N) is 1. The van der Waals surface area contributed by atoms with E-state index >= 15 is 0 Å². The quantitative estimate of drug-likeness (QED) is 0.807. The molecule has 1 aromatic rings. The van der Waals surface area contributed by atoms with E-state index in [1.807, 2.05) is 0 Å². The van der Waals surface area contributed by atoms with E-state index in [0.29, 0.717) is 30.3 Å². The maximum atomic E-state index is 12.2. The molecule has 0 atom stereocenters. The molecule has 7 nitrogen and oxygen atoms in total. The Kier molecular flexibility index (Phi) is 4.15. The summed E-state index contributed by atoms with van der Waals surface area (Å²) in [4.78, 5) is 28.1. The molecule has 0 radical (unpaired) electrons. The van der Waals surface area contributed by atoms with Gasteiger partial charge in [0, 0.05) is 37.9 Å². The molecule has 0 bridgehead atoms. The normalized spacial score (nSPS) is 17.4. The summed E-state index contributed by atoms with van der Waals surface area (Å²) >= 11 is 0. The molecule has 0 unspecified atom stereocenters. The summed E-state index contributed by atoms with van der Waals surface area (Å²) in [6.45, 7) is 6.00. The van der Waals surface area contributed by atoms with Crippen LogP contribution in [0.3, 0.4) is 0 Å². The fraction of sp³-hybridized carbons (Fsp3) is 0.467. The Labute approximate surface area is 128 Å². The summed E-state index contributed by atoms with van der Waals surface area (Å²) in [6.07, 6.45) is 0. The molecule has 118 valence electrons. The molecular formula is C15H19N3O4. The van der Waals surface area contributed by atoms with Crippen molar-refractivity contribution in [2.24, 2.45) is 0 Å². The van der Waals surface area contributed by atoms with Gasteiger partial charge in [0.05, 0.1) is 0 Å². The Morgan fingerprint density at radius 3 is 2.59 bits per heavy atom. The molecule has 1 fully saturated rings. The minimum absolute atomic E-state index is 0.174. The fourth-order valence-electron chi connectivity index (χ4n) is 2.57. The number of piperazine rings is 1. The van der Waals surface area contributed by atoms with E-state index in [9.17, 15) is 9.59 Å². The second kappa shape index (κ2) is 6.23. The third kappa shape index (κ3) is 2.99. The van der Waals surface area contributed by atoms with Crippen LogP contribution in [0.2, 0.25) is 0 Å². The van der Waals surface area contributed by atoms with E-state index in [1.165, 1.54) is 0 Å². The van der Waals surface area contributed by atoms with Crippen molar-refractivity contribution in [2.75, 3.05) is 44.8 Å². The van der Waals surface area contributed by atoms with Crippen LogP contribution < -0.4 is 14.8 Å². The number of carbonyl (C=O) groups is 2. The van der Waals surface area contributed by atoms with Crippen LogP contribution in [0, 0.1) is 0 Å². The minimum Gasteiger partial charge on any atom is -0.454 e. The van der Waals surface area contributed by atoms with Crippen molar-refractivity contribution >= 4 is 17.5 Å². The van der Waals surface area contributed by atoms with Gasteiger partial charge < -0.3 is 24.6 Å². The van der Waals surface area contributed by atoms with Gasteiger partial charge in [0.2, 0.25) is 6.79 Å². The zero-order valence-electron chi connectivity index (χ0n) is 12.5. The van der Waals surface area contributed by atoms with Crippen molar-refractivity contribution in [2.45, 2.75) is 6.92 Å². The molecule has 1 N–H and O–H groups in total. The van der Waals surface area contributed by atoms with Crippen molar-refractivity contribution in [1.29, 1.82) is 0 Å². The third-order valence-corrected chi connectivity index (χ3v) is 3.93. The monoisotopic (exact) mass is 305 g/mol. The highest BCUT2D eigenvalue weighted by atomic mass is 16.7. The number of amides is 2. The molecule has 1 aromatic carbocycles. The Bertz CT molecular complexity index is 582. The lowest BCUT2D eigenvalue weighted by atomic mass is 10.2. The number of benzene rings is 1. The lowest BCUT2D eigenvalue weighted by molar-refractivity contribution is -0.144. The molecule has 2 aliphatic rings. The number of fused-ring (bicyclic) bond motifs is 1. The molecule has 22 heavy (non-hydrogen) atoms. The first-order valence-corrected chi connectivity index (χ1v) is 7.39. The van der Waals surface area contributed by atoms with Gasteiger partial charge in [-0.15, -0.1) is 0 Å². The molecule has 2 aliphatic heterocycles. The van der Waals surface area contributed by atoms with E-state index in [4.69, 9.17) is 9.47 Å². The van der Waals surface area contributed by atoms with Crippen molar-refractivity contribution in [1.82, 2.24) is 9.80 Å². The number of carbonyl (C=O) groups excluding carboxylic acids is 2. The van der Waals surface area contributed by atoms with Crippen LogP contribution in [0.15, 0.2) is 18.2 Å².